The average Bonchev–Trinajstić information content (AvgIpc) is 2.48. The van der Waals surface area contributed by atoms with E-state index in [1.165, 1.54) is 28.6 Å². The first kappa shape index (κ1) is 18.4. The second-order valence-corrected chi connectivity index (χ2v) is 10.8. The van der Waals surface area contributed by atoms with Gasteiger partial charge in [0.2, 0.25) is 10.0 Å². The number of rotatable bonds is 4. The average molecular weight is 400 g/mol. The summed E-state index contributed by atoms with van der Waals surface area (Å²) < 4.78 is 51.9. The Kier molecular flexibility index (Phi) is 4.70. The van der Waals surface area contributed by atoms with Crippen LogP contribution in [0, 0.1) is 13.8 Å². The molecule has 2 aromatic rings. The van der Waals surface area contributed by atoms with Crippen molar-refractivity contribution in [3.05, 3.63) is 58.6 Å². The number of hydrogen-bond acceptors (Lipinski definition) is 4. The molecule has 0 radical (unpaired) electrons. The molecule has 0 amide bonds. The van der Waals surface area contributed by atoms with Gasteiger partial charge in [0.25, 0.3) is 0 Å². The molecule has 0 aliphatic carbocycles. The van der Waals surface area contributed by atoms with E-state index >= 15 is 0 Å². The van der Waals surface area contributed by atoms with Gasteiger partial charge in [-0.15, -0.1) is 0 Å². The topological polar surface area (TPSA) is 71.5 Å². The predicted octanol–water partition coefficient (Wildman–Crippen LogP) is 2.80. The lowest BCUT2D eigenvalue weighted by Crippen LogP contribution is -2.56. The molecule has 8 heteroatoms. The van der Waals surface area contributed by atoms with Gasteiger partial charge in [-0.2, -0.15) is 4.31 Å². The zero-order chi connectivity index (χ0) is 18.4. The summed E-state index contributed by atoms with van der Waals surface area (Å²) in [4.78, 5) is 0.389. The zero-order valence-corrected chi connectivity index (χ0v) is 16.2. The minimum absolute atomic E-state index is 0.0410. The first-order valence-corrected chi connectivity index (χ1v) is 11.1. The smallest absolute Gasteiger partial charge is 0.223 e. The molecular formula is C17H18ClNO4S2. The van der Waals surface area contributed by atoms with Gasteiger partial charge in [-0.1, -0.05) is 23.7 Å². The van der Waals surface area contributed by atoms with Crippen LogP contribution in [0.25, 0.3) is 0 Å². The summed E-state index contributed by atoms with van der Waals surface area (Å²) >= 11 is 5.79. The molecule has 0 N–H and O–H groups in total. The van der Waals surface area contributed by atoms with E-state index < -0.39 is 25.1 Å². The summed E-state index contributed by atoms with van der Waals surface area (Å²) in [6.07, 6.45) is 0. The second-order valence-electron chi connectivity index (χ2n) is 6.21. The summed E-state index contributed by atoms with van der Waals surface area (Å²) in [6.45, 7) is 3.47. The van der Waals surface area contributed by atoms with Gasteiger partial charge in [-0.3, -0.25) is 0 Å². The molecule has 0 atom stereocenters. The number of nitrogens with zero attached hydrogens (tertiary/aromatic N) is 1. The van der Waals surface area contributed by atoms with Crippen molar-refractivity contribution in [1.29, 1.82) is 0 Å². The van der Waals surface area contributed by atoms with E-state index in [0.717, 1.165) is 5.56 Å². The largest absolute Gasteiger partial charge is 0.243 e. The molecule has 0 unspecified atom stereocenters. The highest BCUT2D eigenvalue weighted by molar-refractivity contribution is 7.92. The molecule has 1 aliphatic heterocycles. The highest BCUT2D eigenvalue weighted by Crippen LogP contribution is 2.30. The van der Waals surface area contributed by atoms with E-state index in [4.69, 9.17) is 11.6 Å². The summed E-state index contributed by atoms with van der Waals surface area (Å²) in [5.41, 5.74) is 1.49. The summed E-state index contributed by atoms with van der Waals surface area (Å²) in [5.74, 6) is 0. The first-order chi connectivity index (χ1) is 11.6. The minimum atomic E-state index is -3.69. The Morgan fingerprint density at radius 1 is 0.960 bits per heavy atom. The van der Waals surface area contributed by atoms with E-state index in [1.54, 1.807) is 19.1 Å². The van der Waals surface area contributed by atoms with Crippen LogP contribution in [-0.2, 0) is 19.9 Å². The van der Waals surface area contributed by atoms with Crippen molar-refractivity contribution < 1.29 is 16.8 Å². The highest BCUT2D eigenvalue weighted by Gasteiger charge is 2.44. The fourth-order valence-corrected chi connectivity index (χ4v) is 6.54. The van der Waals surface area contributed by atoms with E-state index in [1.807, 2.05) is 13.0 Å². The Labute approximate surface area is 153 Å². The van der Waals surface area contributed by atoms with Crippen molar-refractivity contribution in [3.8, 4) is 0 Å². The Morgan fingerprint density at radius 2 is 1.56 bits per heavy atom. The molecule has 25 heavy (non-hydrogen) atoms. The molecule has 3 rings (SSSR count). The van der Waals surface area contributed by atoms with Gasteiger partial charge in [-0.25, -0.2) is 16.8 Å². The Bertz CT molecular complexity index is 1010. The van der Waals surface area contributed by atoms with Crippen LogP contribution < -0.4 is 0 Å². The van der Waals surface area contributed by atoms with E-state index in [-0.39, 0.29) is 22.9 Å². The fourth-order valence-electron chi connectivity index (χ4n) is 2.73. The third-order valence-corrected chi connectivity index (χ3v) is 8.69. The number of sulfonamides is 1. The third-order valence-electron chi connectivity index (χ3n) is 4.36. The van der Waals surface area contributed by atoms with Gasteiger partial charge in [0.05, 0.1) is 15.0 Å². The maximum Gasteiger partial charge on any atom is 0.243 e. The minimum Gasteiger partial charge on any atom is -0.223 e. The normalized spacial score (nSPS) is 16.6. The monoisotopic (exact) mass is 399 g/mol. The van der Waals surface area contributed by atoms with Crippen LogP contribution in [0.15, 0.2) is 52.3 Å². The Balaban J connectivity index is 1.82. The lowest BCUT2D eigenvalue weighted by Gasteiger charge is -2.37. The Hall–Kier alpha value is -1.41. The van der Waals surface area contributed by atoms with Crippen LogP contribution in [-0.4, -0.2) is 39.5 Å². The predicted molar refractivity (Wildman–Crippen MR) is 97.1 cm³/mol. The van der Waals surface area contributed by atoms with E-state index in [2.05, 4.69) is 0 Å². The lowest BCUT2D eigenvalue weighted by molar-refractivity contribution is 0.309. The van der Waals surface area contributed by atoms with E-state index in [0.29, 0.717) is 10.6 Å². The number of aryl methyl sites for hydroxylation is 2. The van der Waals surface area contributed by atoms with Crippen LogP contribution in [0.4, 0.5) is 0 Å². The van der Waals surface area contributed by atoms with Gasteiger partial charge in [-0.05, 0) is 55.3 Å². The van der Waals surface area contributed by atoms with Crippen LogP contribution in [0.3, 0.4) is 0 Å². The van der Waals surface area contributed by atoms with Crippen molar-refractivity contribution in [2.24, 2.45) is 0 Å². The van der Waals surface area contributed by atoms with Gasteiger partial charge in [0.1, 0.15) is 0 Å². The summed E-state index contributed by atoms with van der Waals surface area (Å²) in [6, 6.07) is 11.1. The zero-order valence-electron chi connectivity index (χ0n) is 13.8. The first-order valence-electron chi connectivity index (χ1n) is 7.69. The van der Waals surface area contributed by atoms with Crippen LogP contribution in [0.5, 0.6) is 0 Å². The van der Waals surface area contributed by atoms with Crippen molar-refractivity contribution in [1.82, 2.24) is 4.31 Å². The molecule has 0 saturated carbocycles. The molecular weight excluding hydrogens is 382 g/mol. The van der Waals surface area contributed by atoms with Crippen LogP contribution in [0.1, 0.15) is 11.1 Å². The molecule has 134 valence electrons. The standard InChI is InChI=1S/C17H18ClNO4S2/c1-12-3-4-13(2)17(9-12)25(22,23)19-10-16(11-19)24(20,21)15-7-5-14(18)6-8-15/h3-9,16H,10-11H2,1-2H3. The number of hydrogen-bond donors (Lipinski definition) is 0. The molecule has 0 aromatic heterocycles. The van der Waals surface area contributed by atoms with Gasteiger partial charge < -0.3 is 0 Å². The molecule has 2 aromatic carbocycles. The van der Waals surface area contributed by atoms with Crippen molar-refractivity contribution in [2.45, 2.75) is 28.9 Å². The van der Waals surface area contributed by atoms with Gasteiger partial charge in [0, 0.05) is 18.1 Å². The second kappa shape index (κ2) is 6.39. The fraction of sp³-hybridized carbons (Fsp3) is 0.294. The highest BCUT2D eigenvalue weighted by atomic mass is 35.5. The maximum absolute atomic E-state index is 12.8. The Morgan fingerprint density at radius 3 is 2.16 bits per heavy atom. The molecule has 1 fully saturated rings. The number of halogens is 1. The van der Waals surface area contributed by atoms with Crippen LogP contribution in [0.2, 0.25) is 5.02 Å². The molecule has 0 bridgehead atoms. The van der Waals surface area contributed by atoms with Gasteiger partial charge in [0.15, 0.2) is 9.84 Å². The third kappa shape index (κ3) is 3.33. The lowest BCUT2D eigenvalue weighted by atomic mass is 10.2. The molecule has 5 nitrogen and oxygen atoms in total. The summed E-state index contributed by atoms with van der Waals surface area (Å²) in [5, 5.41) is -0.291. The van der Waals surface area contributed by atoms with Crippen LogP contribution >= 0.6 is 11.6 Å². The summed E-state index contributed by atoms with van der Waals surface area (Å²) in [7, 11) is -7.27. The number of benzene rings is 2. The maximum atomic E-state index is 12.8. The SMILES string of the molecule is Cc1ccc(C)c(S(=O)(=O)N2CC(S(=O)(=O)c3ccc(Cl)cc3)C2)c1. The van der Waals surface area contributed by atoms with Crippen molar-refractivity contribution >= 4 is 31.5 Å². The van der Waals surface area contributed by atoms with Crippen molar-refractivity contribution in [3.63, 3.8) is 0 Å². The molecule has 1 heterocycles. The molecule has 0 spiro atoms. The van der Waals surface area contributed by atoms with E-state index in [9.17, 15) is 16.8 Å². The van der Waals surface area contributed by atoms with Crippen molar-refractivity contribution in [2.75, 3.05) is 13.1 Å². The molecule has 1 saturated heterocycles. The van der Waals surface area contributed by atoms with Gasteiger partial charge >= 0.3 is 0 Å². The molecule has 1 aliphatic rings. The number of sulfone groups is 1. The quantitative estimate of drug-likeness (QED) is 0.792.